The summed E-state index contributed by atoms with van der Waals surface area (Å²) in [5.41, 5.74) is 21.9. The lowest BCUT2D eigenvalue weighted by atomic mass is 10.1. The summed E-state index contributed by atoms with van der Waals surface area (Å²) in [4.78, 5) is 61.2. The highest BCUT2D eigenvalue weighted by atomic mass is 16.2. The Bertz CT molecular complexity index is 1930. The molecule has 2 heterocycles. The maximum absolute atomic E-state index is 13.2. The SMILES string of the molecule is [N-]=[N+]=Nc1ccc(C(=O)N2CCC[C@H]2C(=O)Nc2ccc(C=Cc3ccc(NC(=O)[C@@H]4CCCN4C(=O)c4ccc(N=[N+]=[N-])cc4)cc3)cc2)cc1. The number of amides is 4. The number of carbonyl (C=O) groups is 4. The lowest BCUT2D eigenvalue weighted by molar-refractivity contribution is -0.120. The van der Waals surface area contributed by atoms with E-state index in [0.29, 0.717) is 59.8 Å². The normalized spacial score (nSPS) is 16.5. The van der Waals surface area contributed by atoms with Crippen molar-refractivity contribution in [2.75, 3.05) is 23.7 Å². The highest BCUT2D eigenvalue weighted by molar-refractivity contribution is 6.02. The van der Waals surface area contributed by atoms with Crippen LogP contribution in [0.2, 0.25) is 0 Å². The van der Waals surface area contributed by atoms with Crippen LogP contribution in [0.25, 0.3) is 33.0 Å². The number of anilines is 2. The van der Waals surface area contributed by atoms with E-state index >= 15 is 0 Å². The second kappa shape index (κ2) is 16.2. The van der Waals surface area contributed by atoms with Gasteiger partial charge in [0.05, 0.1) is 0 Å². The molecule has 0 bridgehead atoms. The van der Waals surface area contributed by atoms with E-state index in [4.69, 9.17) is 11.1 Å². The largest absolute Gasteiger partial charge is 0.327 e. The molecule has 0 saturated carbocycles. The van der Waals surface area contributed by atoms with Crippen LogP contribution in [0.5, 0.6) is 0 Å². The number of rotatable bonds is 10. The molecule has 0 aromatic heterocycles. The Morgan fingerprint density at radius 2 is 0.942 bits per heavy atom. The van der Waals surface area contributed by atoms with Crippen LogP contribution in [0.1, 0.15) is 57.5 Å². The van der Waals surface area contributed by atoms with Gasteiger partial charge in [0.2, 0.25) is 11.8 Å². The van der Waals surface area contributed by atoms with Gasteiger partial charge in [-0.15, -0.1) is 0 Å². The summed E-state index contributed by atoms with van der Waals surface area (Å²) in [5.74, 6) is -1.00. The molecule has 4 amide bonds. The number of carbonyl (C=O) groups excluding carboxylic acids is 4. The third kappa shape index (κ3) is 8.28. The molecular formula is C38H34N10O4. The summed E-state index contributed by atoms with van der Waals surface area (Å²) in [6.07, 6.45) is 6.43. The molecule has 0 spiro atoms. The van der Waals surface area contributed by atoms with Crippen molar-refractivity contribution in [2.24, 2.45) is 10.2 Å². The van der Waals surface area contributed by atoms with Gasteiger partial charge in [-0.05, 0) is 96.4 Å². The minimum absolute atomic E-state index is 0.249. The molecule has 2 N–H and O–H groups in total. The fourth-order valence-corrected chi connectivity index (χ4v) is 6.34. The maximum atomic E-state index is 13.2. The van der Waals surface area contributed by atoms with E-state index in [1.54, 1.807) is 82.6 Å². The summed E-state index contributed by atoms with van der Waals surface area (Å²) in [6.45, 7) is 0.954. The van der Waals surface area contributed by atoms with Crippen molar-refractivity contribution in [1.82, 2.24) is 9.80 Å². The van der Waals surface area contributed by atoms with E-state index in [0.717, 1.165) is 24.0 Å². The predicted molar refractivity (Wildman–Crippen MR) is 198 cm³/mol. The summed E-state index contributed by atoms with van der Waals surface area (Å²) in [6, 6.07) is 26.2. The summed E-state index contributed by atoms with van der Waals surface area (Å²) in [5, 5.41) is 12.9. The first-order valence-corrected chi connectivity index (χ1v) is 16.7. The highest BCUT2D eigenvalue weighted by Crippen LogP contribution is 2.25. The molecule has 4 aromatic rings. The van der Waals surface area contributed by atoms with Crippen LogP contribution in [0.4, 0.5) is 22.7 Å². The van der Waals surface area contributed by atoms with Gasteiger partial charge in [0.15, 0.2) is 0 Å². The lowest BCUT2D eigenvalue weighted by Crippen LogP contribution is -2.43. The Morgan fingerprint density at radius 3 is 1.29 bits per heavy atom. The monoisotopic (exact) mass is 694 g/mol. The average Bonchev–Trinajstić information content (AvgIpc) is 3.87. The molecule has 4 aromatic carbocycles. The van der Waals surface area contributed by atoms with Crippen LogP contribution in [0.3, 0.4) is 0 Å². The zero-order chi connectivity index (χ0) is 36.5. The van der Waals surface area contributed by atoms with Gasteiger partial charge in [0.25, 0.3) is 11.8 Å². The number of hydrogen-bond donors (Lipinski definition) is 2. The molecular weight excluding hydrogens is 660 g/mol. The van der Waals surface area contributed by atoms with Gasteiger partial charge >= 0.3 is 0 Å². The standard InChI is InChI=1S/C38H34N10O4/c39-45-43-31-19-11-27(12-20-31)37(51)47-23-1-3-33(47)35(49)41-29-15-7-25(8-16-29)5-6-26-9-17-30(18-10-26)42-36(50)34-4-2-24-48(34)38(52)28-13-21-32(22-14-28)44-46-40/h5-22,33-34H,1-4,23-24H2,(H,41,49)(H,42,50)/t33-,34-/m0/s1. The minimum atomic E-state index is -0.591. The molecule has 0 radical (unpaired) electrons. The molecule has 260 valence electrons. The Kier molecular flexibility index (Phi) is 10.9. The van der Waals surface area contributed by atoms with E-state index in [1.807, 2.05) is 36.4 Å². The number of hydrogen-bond acceptors (Lipinski definition) is 6. The van der Waals surface area contributed by atoms with E-state index in [1.165, 1.54) is 0 Å². The maximum Gasteiger partial charge on any atom is 0.254 e. The average molecular weight is 695 g/mol. The second-order valence-corrected chi connectivity index (χ2v) is 12.3. The van der Waals surface area contributed by atoms with E-state index in [2.05, 4.69) is 30.7 Å². The Morgan fingerprint density at radius 1 is 0.577 bits per heavy atom. The Balaban J connectivity index is 1.00. The summed E-state index contributed by atoms with van der Waals surface area (Å²) < 4.78 is 0. The van der Waals surface area contributed by atoms with Crippen LogP contribution >= 0.6 is 0 Å². The quantitative estimate of drug-likeness (QED) is 0.0730. The van der Waals surface area contributed by atoms with Crippen molar-refractivity contribution in [2.45, 2.75) is 37.8 Å². The highest BCUT2D eigenvalue weighted by Gasteiger charge is 2.35. The molecule has 2 fully saturated rings. The van der Waals surface area contributed by atoms with Crippen LogP contribution in [0, 0.1) is 0 Å². The first-order valence-electron chi connectivity index (χ1n) is 16.7. The molecule has 14 heteroatoms. The number of likely N-dealkylation sites (tertiary alicyclic amines) is 2. The molecule has 2 aliphatic rings. The van der Waals surface area contributed by atoms with Crippen molar-refractivity contribution in [1.29, 1.82) is 0 Å². The number of azide groups is 2. The van der Waals surface area contributed by atoms with Gasteiger partial charge in [-0.3, -0.25) is 19.2 Å². The van der Waals surface area contributed by atoms with Gasteiger partial charge in [0.1, 0.15) is 12.1 Å². The van der Waals surface area contributed by atoms with Gasteiger partial charge in [-0.2, -0.15) is 0 Å². The topological polar surface area (TPSA) is 196 Å². The number of nitrogens with one attached hydrogen (secondary N) is 2. The fourth-order valence-electron chi connectivity index (χ4n) is 6.34. The van der Waals surface area contributed by atoms with Crippen LogP contribution in [0.15, 0.2) is 107 Å². The zero-order valence-corrected chi connectivity index (χ0v) is 28.0. The van der Waals surface area contributed by atoms with Gasteiger partial charge in [0, 0.05) is 56.8 Å². The van der Waals surface area contributed by atoms with Crippen molar-refractivity contribution < 1.29 is 19.2 Å². The minimum Gasteiger partial charge on any atom is -0.327 e. The van der Waals surface area contributed by atoms with Crippen molar-refractivity contribution >= 4 is 58.5 Å². The molecule has 14 nitrogen and oxygen atoms in total. The third-order valence-electron chi connectivity index (χ3n) is 9.01. The van der Waals surface area contributed by atoms with Crippen LogP contribution in [-0.2, 0) is 9.59 Å². The summed E-state index contributed by atoms with van der Waals surface area (Å²) in [7, 11) is 0. The Hall–Kier alpha value is -6.88. The van der Waals surface area contributed by atoms with Crippen LogP contribution in [-0.4, -0.2) is 58.6 Å². The van der Waals surface area contributed by atoms with Gasteiger partial charge in [-0.25, -0.2) is 0 Å². The molecule has 0 aliphatic carbocycles. The lowest BCUT2D eigenvalue weighted by Gasteiger charge is -2.24. The summed E-state index contributed by atoms with van der Waals surface area (Å²) >= 11 is 0. The molecule has 2 atom stereocenters. The van der Waals surface area contributed by atoms with Crippen molar-refractivity contribution in [3.63, 3.8) is 0 Å². The third-order valence-corrected chi connectivity index (χ3v) is 9.01. The van der Waals surface area contributed by atoms with Gasteiger partial charge < -0.3 is 20.4 Å². The molecule has 6 rings (SSSR count). The van der Waals surface area contributed by atoms with E-state index in [9.17, 15) is 19.2 Å². The van der Waals surface area contributed by atoms with Crippen molar-refractivity contribution in [3.05, 3.63) is 140 Å². The fraction of sp³-hybridized carbons (Fsp3) is 0.211. The van der Waals surface area contributed by atoms with Gasteiger partial charge in [-0.1, -0.05) is 70.9 Å². The predicted octanol–water partition coefficient (Wildman–Crippen LogP) is 8.23. The number of benzene rings is 4. The number of nitrogens with zero attached hydrogens (tertiary/aromatic N) is 8. The first-order chi connectivity index (χ1) is 25.3. The molecule has 2 saturated heterocycles. The molecule has 0 unspecified atom stereocenters. The van der Waals surface area contributed by atoms with E-state index < -0.39 is 12.1 Å². The Labute approximate surface area is 299 Å². The van der Waals surface area contributed by atoms with E-state index in [-0.39, 0.29) is 23.6 Å². The smallest absolute Gasteiger partial charge is 0.254 e. The zero-order valence-electron chi connectivity index (χ0n) is 28.0. The second-order valence-electron chi connectivity index (χ2n) is 12.3. The first kappa shape index (κ1) is 35.0. The molecule has 2 aliphatic heterocycles. The van der Waals surface area contributed by atoms with Crippen molar-refractivity contribution in [3.8, 4) is 0 Å². The molecule has 52 heavy (non-hydrogen) atoms. The van der Waals surface area contributed by atoms with Crippen LogP contribution < -0.4 is 10.6 Å².